The first-order valence-corrected chi connectivity index (χ1v) is 8.02. The van der Waals surface area contributed by atoms with Crippen molar-refractivity contribution in [2.24, 2.45) is 0 Å². The minimum absolute atomic E-state index is 0.267. The third-order valence-electron chi connectivity index (χ3n) is 4.05. The van der Waals surface area contributed by atoms with E-state index in [-0.39, 0.29) is 5.78 Å². The number of ether oxygens (including phenoxy) is 1. The summed E-state index contributed by atoms with van der Waals surface area (Å²) in [5, 5.41) is 8.77. The van der Waals surface area contributed by atoms with Gasteiger partial charge in [0.1, 0.15) is 5.82 Å². The molecule has 3 rings (SSSR count). The second-order valence-corrected chi connectivity index (χ2v) is 5.70. The summed E-state index contributed by atoms with van der Waals surface area (Å²) in [6.45, 7) is 2.44. The van der Waals surface area contributed by atoms with Crippen LogP contribution in [-0.2, 0) is 4.74 Å². The highest BCUT2D eigenvalue weighted by molar-refractivity contribution is 6.07. The van der Waals surface area contributed by atoms with E-state index in [1.807, 2.05) is 11.0 Å². The molecule has 1 heterocycles. The summed E-state index contributed by atoms with van der Waals surface area (Å²) in [4.78, 5) is 14.2. The number of allylic oxidation sites excluding steroid dienone is 1. The molecule has 0 bridgehead atoms. The van der Waals surface area contributed by atoms with Gasteiger partial charge in [-0.3, -0.25) is 4.79 Å². The van der Waals surface area contributed by atoms with Crippen LogP contribution in [-0.4, -0.2) is 32.1 Å². The highest BCUT2D eigenvalue weighted by Gasteiger charge is 2.16. The van der Waals surface area contributed by atoms with Gasteiger partial charge in [0.15, 0.2) is 5.78 Å². The zero-order valence-corrected chi connectivity index (χ0v) is 13.6. The van der Waals surface area contributed by atoms with Gasteiger partial charge >= 0.3 is 0 Å². The Hall–Kier alpha value is -2.97. The van der Waals surface area contributed by atoms with Crippen LogP contribution in [0.15, 0.2) is 48.5 Å². The maximum atomic E-state index is 14.4. The van der Waals surface area contributed by atoms with E-state index in [1.54, 1.807) is 42.5 Å². The van der Waals surface area contributed by atoms with Gasteiger partial charge in [0.25, 0.3) is 0 Å². The van der Waals surface area contributed by atoms with Crippen LogP contribution < -0.4 is 4.90 Å². The van der Waals surface area contributed by atoms with Gasteiger partial charge in [0.05, 0.1) is 30.5 Å². The van der Waals surface area contributed by atoms with Crippen molar-refractivity contribution in [3.63, 3.8) is 0 Å². The molecule has 126 valence electrons. The molecule has 25 heavy (non-hydrogen) atoms. The second kappa shape index (κ2) is 7.73. The summed E-state index contributed by atoms with van der Waals surface area (Å²) in [5.41, 5.74) is 2.16. The molecule has 4 nitrogen and oxygen atoms in total. The van der Waals surface area contributed by atoms with E-state index in [0.29, 0.717) is 43.1 Å². The van der Waals surface area contributed by atoms with Gasteiger partial charge in [-0.25, -0.2) is 4.39 Å². The molecule has 0 aromatic heterocycles. The number of nitriles is 1. The Balaban J connectivity index is 1.72. The molecule has 0 aliphatic carbocycles. The van der Waals surface area contributed by atoms with Gasteiger partial charge in [-0.1, -0.05) is 18.2 Å². The van der Waals surface area contributed by atoms with Gasteiger partial charge in [-0.15, -0.1) is 0 Å². The third kappa shape index (κ3) is 4.11. The van der Waals surface area contributed by atoms with E-state index < -0.39 is 5.82 Å². The first-order chi connectivity index (χ1) is 12.2. The van der Waals surface area contributed by atoms with Crippen LogP contribution in [0, 0.1) is 17.1 Å². The largest absolute Gasteiger partial charge is 0.378 e. The normalized spacial score (nSPS) is 14.5. The first-order valence-electron chi connectivity index (χ1n) is 8.02. The lowest BCUT2D eigenvalue weighted by Gasteiger charge is -2.29. The Kier molecular flexibility index (Phi) is 5.22. The predicted molar refractivity (Wildman–Crippen MR) is 94.0 cm³/mol. The monoisotopic (exact) mass is 336 g/mol. The lowest BCUT2D eigenvalue weighted by Crippen LogP contribution is -2.36. The fourth-order valence-corrected chi connectivity index (χ4v) is 2.66. The number of nitrogens with zero attached hydrogens (tertiary/aromatic N) is 2. The van der Waals surface area contributed by atoms with E-state index in [9.17, 15) is 9.18 Å². The number of halogens is 1. The molecule has 0 saturated carbocycles. The molecule has 0 N–H and O–H groups in total. The second-order valence-electron chi connectivity index (χ2n) is 5.70. The van der Waals surface area contributed by atoms with E-state index in [2.05, 4.69) is 0 Å². The SMILES string of the molecule is N#Cc1ccc(/C=C/C(=O)c2ccc(N3CCOCC3)c(F)c2)cc1. The van der Waals surface area contributed by atoms with Crippen LogP contribution in [0.2, 0.25) is 0 Å². The Labute approximate surface area is 145 Å². The molecule has 1 aliphatic rings. The predicted octanol–water partition coefficient (Wildman–Crippen LogP) is 3.43. The molecule has 1 saturated heterocycles. The van der Waals surface area contributed by atoms with Gasteiger partial charge in [-0.05, 0) is 42.0 Å². The van der Waals surface area contributed by atoms with Crippen LogP contribution in [0.3, 0.4) is 0 Å². The number of anilines is 1. The zero-order chi connectivity index (χ0) is 17.6. The van der Waals surface area contributed by atoms with Crippen LogP contribution in [0.25, 0.3) is 6.08 Å². The Morgan fingerprint density at radius 3 is 2.52 bits per heavy atom. The minimum atomic E-state index is -0.403. The van der Waals surface area contributed by atoms with Crippen LogP contribution >= 0.6 is 0 Å². The summed E-state index contributed by atoms with van der Waals surface area (Å²) in [7, 11) is 0. The van der Waals surface area contributed by atoms with E-state index in [4.69, 9.17) is 10.00 Å². The van der Waals surface area contributed by atoms with Gasteiger partial charge in [0.2, 0.25) is 0 Å². The summed E-state index contributed by atoms with van der Waals surface area (Å²) >= 11 is 0. The number of benzene rings is 2. The van der Waals surface area contributed by atoms with Crippen molar-refractivity contribution in [3.05, 3.63) is 71.0 Å². The number of carbonyl (C=O) groups is 1. The minimum Gasteiger partial charge on any atom is -0.378 e. The lowest BCUT2D eigenvalue weighted by atomic mass is 10.1. The molecule has 0 spiro atoms. The standard InChI is InChI=1S/C20H17FN2O2/c21-18-13-17(6-7-19(18)23-9-11-25-12-10-23)20(24)8-5-15-1-3-16(14-22)4-2-15/h1-8,13H,9-12H2/b8-5+. The van der Waals surface area contributed by atoms with Crippen molar-refractivity contribution in [2.45, 2.75) is 0 Å². The molecule has 2 aromatic rings. The van der Waals surface area contributed by atoms with E-state index in [1.165, 1.54) is 12.1 Å². The average molecular weight is 336 g/mol. The molecule has 1 fully saturated rings. The summed E-state index contributed by atoms with van der Waals surface area (Å²) < 4.78 is 19.6. The fraction of sp³-hybridized carbons (Fsp3) is 0.200. The van der Waals surface area contributed by atoms with Crippen molar-refractivity contribution < 1.29 is 13.9 Å². The quantitative estimate of drug-likeness (QED) is 0.634. The number of morpholine rings is 1. The zero-order valence-electron chi connectivity index (χ0n) is 13.6. The van der Waals surface area contributed by atoms with E-state index >= 15 is 0 Å². The summed E-state index contributed by atoms with van der Waals surface area (Å²) in [6.07, 6.45) is 3.06. The van der Waals surface area contributed by atoms with Gasteiger partial charge in [-0.2, -0.15) is 5.26 Å². The van der Waals surface area contributed by atoms with Crippen molar-refractivity contribution in [3.8, 4) is 6.07 Å². The number of rotatable bonds is 4. The molecule has 0 radical (unpaired) electrons. The number of hydrogen-bond acceptors (Lipinski definition) is 4. The average Bonchev–Trinajstić information content (AvgIpc) is 2.67. The van der Waals surface area contributed by atoms with E-state index in [0.717, 1.165) is 5.56 Å². The van der Waals surface area contributed by atoms with Crippen molar-refractivity contribution in [1.82, 2.24) is 0 Å². The van der Waals surface area contributed by atoms with Crippen LogP contribution in [0.4, 0.5) is 10.1 Å². The molecule has 0 amide bonds. The summed E-state index contributed by atoms with van der Waals surface area (Å²) in [6, 6.07) is 13.5. The molecule has 1 aliphatic heterocycles. The molecule has 5 heteroatoms. The molecule has 2 aromatic carbocycles. The Morgan fingerprint density at radius 2 is 1.88 bits per heavy atom. The Bertz CT molecular complexity index is 832. The molecule has 0 atom stereocenters. The van der Waals surface area contributed by atoms with Crippen molar-refractivity contribution >= 4 is 17.5 Å². The highest BCUT2D eigenvalue weighted by Crippen LogP contribution is 2.22. The van der Waals surface area contributed by atoms with Crippen molar-refractivity contribution in [1.29, 1.82) is 5.26 Å². The lowest BCUT2D eigenvalue weighted by molar-refractivity contribution is 0.104. The summed E-state index contributed by atoms with van der Waals surface area (Å²) in [5.74, 6) is -0.670. The topological polar surface area (TPSA) is 53.3 Å². The molecule has 0 unspecified atom stereocenters. The highest BCUT2D eigenvalue weighted by atomic mass is 19.1. The maximum Gasteiger partial charge on any atom is 0.185 e. The third-order valence-corrected chi connectivity index (χ3v) is 4.05. The van der Waals surface area contributed by atoms with Crippen LogP contribution in [0.1, 0.15) is 21.5 Å². The smallest absolute Gasteiger partial charge is 0.185 e. The number of ketones is 1. The van der Waals surface area contributed by atoms with Gasteiger partial charge in [0, 0.05) is 18.7 Å². The van der Waals surface area contributed by atoms with Gasteiger partial charge < -0.3 is 9.64 Å². The Morgan fingerprint density at radius 1 is 1.16 bits per heavy atom. The van der Waals surface area contributed by atoms with Crippen molar-refractivity contribution in [2.75, 3.05) is 31.2 Å². The van der Waals surface area contributed by atoms with Crippen LogP contribution in [0.5, 0.6) is 0 Å². The molecular formula is C20H17FN2O2. The maximum absolute atomic E-state index is 14.4. The molecular weight excluding hydrogens is 319 g/mol. The number of carbonyl (C=O) groups excluding carboxylic acids is 1. The fourth-order valence-electron chi connectivity index (χ4n) is 2.66. The number of hydrogen-bond donors (Lipinski definition) is 0. The first kappa shape index (κ1) is 16.9.